The molecule has 0 aliphatic carbocycles. The van der Waals surface area contributed by atoms with E-state index in [0.717, 1.165) is 34.0 Å². The van der Waals surface area contributed by atoms with Gasteiger partial charge in [0, 0.05) is 17.1 Å². The normalized spacial score (nSPS) is 14.1. The van der Waals surface area contributed by atoms with Crippen LogP contribution in [-0.4, -0.2) is 20.7 Å². The zero-order valence-electron chi connectivity index (χ0n) is 26.2. The highest BCUT2D eigenvalue weighted by Crippen LogP contribution is 2.37. The number of aryl methyl sites for hydroxylation is 4. The van der Waals surface area contributed by atoms with Gasteiger partial charge in [-0.2, -0.15) is 4.98 Å². The number of nitrogens with zero attached hydrogens (tertiary/aromatic N) is 3. The number of allylic oxidation sites excluding steroid dienone is 1. The second kappa shape index (κ2) is 13.0. The monoisotopic (exact) mass is 615 g/mol. The molecule has 0 saturated heterocycles. The van der Waals surface area contributed by atoms with Crippen LogP contribution < -0.4 is 15.4 Å². The van der Waals surface area contributed by atoms with Crippen LogP contribution in [0.25, 0.3) is 0 Å². The summed E-state index contributed by atoms with van der Waals surface area (Å²) in [5.74, 6) is 1.91. The molecule has 1 aliphatic rings. The van der Waals surface area contributed by atoms with Gasteiger partial charge in [-0.25, -0.2) is 4.68 Å². The van der Waals surface area contributed by atoms with Crippen molar-refractivity contribution in [1.29, 1.82) is 0 Å². The summed E-state index contributed by atoms with van der Waals surface area (Å²) in [5, 5.41) is 12.0. The number of benzene rings is 4. The maximum absolute atomic E-state index is 13.9. The van der Waals surface area contributed by atoms with E-state index in [1.807, 2.05) is 85.3 Å². The number of anilines is 2. The van der Waals surface area contributed by atoms with Crippen LogP contribution in [0.15, 0.2) is 107 Å². The van der Waals surface area contributed by atoms with E-state index in [2.05, 4.69) is 55.7 Å². The van der Waals surface area contributed by atoms with Crippen LogP contribution in [0, 0.1) is 27.7 Å². The van der Waals surface area contributed by atoms with Crippen LogP contribution >= 0.6 is 11.8 Å². The lowest BCUT2D eigenvalue weighted by atomic mass is 9.95. The number of carbonyl (C=O) groups is 1. The van der Waals surface area contributed by atoms with Gasteiger partial charge in [-0.3, -0.25) is 4.79 Å². The molecule has 0 fully saturated rings. The van der Waals surface area contributed by atoms with Crippen molar-refractivity contribution >= 4 is 29.3 Å². The number of nitrogens with one attached hydrogen (secondary N) is 2. The molecule has 0 spiro atoms. The van der Waals surface area contributed by atoms with Crippen molar-refractivity contribution in [1.82, 2.24) is 14.8 Å². The molecular formula is C37H37N5O2S. The minimum atomic E-state index is -0.485. The Labute approximate surface area is 268 Å². The number of rotatable bonds is 9. The Kier molecular flexibility index (Phi) is 8.76. The lowest BCUT2D eigenvalue weighted by molar-refractivity contribution is -0.113. The van der Waals surface area contributed by atoms with Gasteiger partial charge in [0.05, 0.1) is 5.57 Å². The molecule has 1 amide bonds. The SMILES string of the molecule is CC1=C(C(=O)Nc2cccc(C)c2)C(c2ccc(OCc3cc(C)c(C)cc3C)cc2)n2nc(SCc3ccccc3)nc2N1. The lowest BCUT2D eigenvalue weighted by Gasteiger charge is -2.28. The Morgan fingerprint density at radius 2 is 1.64 bits per heavy atom. The third-order valence-electron chi connectivity index (χ3n) is 8.11. The maximum Gasteiger partial charge on any atom is 0.255 e. The molecule has 5 aromatic rings. The van der Waals surface area contributed by atoms with Crippen molar-refractivity contribution in [2.24, 2.45) is 0 Å². The van der Waals surface area contributed by atoms with Gasteiger partial charge in [0.15, 0.2) is 0 Å². The van der Waals surface area contributed by atoms with E-state index in [-0.39, 0.29) is 5.91 Å². The molecule has 4 aromatic carbocycles. The van der Waals surface area contributed by atoms with Crippen molar-refractivity contribution < 1.29 is 9.53 Å². The molecule has 1 atom stereocenters. The average molecular weight is 616 g/mol. The highest BCUT2D eigenvalue weighted by atomic mass is 32.2. The molecule has 6 rings (SSSR count). The highest BCUT2D eigenvalue weighted by molar-refractivity contribution is 7.98. The molecule has 1 aromatic heterocycles. The largest absolute Gasteiger partial charge is 0.489 e. The van der Waals surface area contributed by atoms with Crippen molar-refractivity contribution in [3.63, 3.8) is 0 Å². The smallest absolute Gasteiger partial charge is 0.255 e. The summed E-state index contributed by atoms with van der Waals surface area (Å²) in [6.07, 6.45) is 0. The van der Waals surface area contributed by atoms with Gasteiger partial charge < -0.3 is 15.4 Å². The third-order valence-corrected chi connectivity index (χ3v) is 9.02. The predicted molar refractivity (Wildman–Crippen MR) is 182 cm³/mol. The van der Waals surface area contributed by atoms with Gasteiger partial charge in [0.25, 0.3) is 5.91 Å². The Morgan fingerprint density at radius 1 is 0.889 bits per heavy atom. The number of thioether (sulfide) groups is 1. The fourth-order valence-corrected chi connectivity index (χ4v) is 6.31. The predicted octanol–water partition coefficient (Wildman–Crippen LogP) is 8.31. The minimum Gasteiger partial charge on any atom is -0.489 e. The number of hydrogen-bond acceptors (Lipinski definition) is 6. The van der Waals surface area contributed by atoms with E-state index in [9.17, 15) is 4.79 Å². The van der Waals surface area contributed by atoms with E-state index < -0.39 is 6.04 Å². The van der Waals surface area contributed by atoms with Crippen molar-refractivity contribution in [3.05, 3.63) is 141 Å². The molecule has 45 heavy (non-hydrogen) atoms. The molecule has 0 radical (unpaired) electrons. The highest BCUT2D eigenvalue weighted by Gasteiger charge is 2.34. The minimum absolute atomic E-state index is 0.194. The fraction of sp³-hybridized carbons (Fsp3) is 0.216. The second-order valence-corrected chi connectivity index (χ2v) is 12.5. The summed E-state index contributed by atoms with van der Waals surface area (Å²) in [6, 6.07) is 29.9. The summed E-state index contributed by atoms with van der Waals surface area (Å²) in [7, 11) is 0. The number of fused-ring (bicyclic) bond motifs is 1. The lowest BCUT2D eigenvalue weighted by Crippen LogP contribution is -2.31. The van der Waals surface area contributed by atoms with Crippen molar-refractivity contribution in [3.8, 4) is 5.75 Å². The summed E-state index contributed by atoms with van der Waals surface area (Å²) in [5.41, 5.74) is 10.1. The summed E-state index contributed by atoms with van der Waals surface area (Å²) in [6.45, 7) is 10.8. The van der Waals surface area contributed by atoms with E-state index in [1.165, 1.54) is 27.8 Å². The first-order chi connectivity index (χ1) is 21.7. The number of hydrogen-bond donors (Lipinski definition) is 2. The Hall–Kier alpha value is -4.82. The second-order valence-electron chi connectivity index (χ2n) is 11.5. The fourth-order valence-electron chi connectivity index (χ4n) is 5.52. The van der Waals surface area contributed by atoms with Crippen LogP contribution in [0.1, 0.15) is 51.9 Å². The van der Waals surface area contributed by atoms with Gasteiger partial charge in [-0.05, 0) is 97.8 Å². The molecule has 0 bridgehead atoms. The first-order valence-corrected chi connectivity index (χ1v) is 16.0. The molecule has 7 nitrogen and oxygen atoms in total. The topological polar surface area (TPSA) is 81.1 Å². The first kappa shape index (κ1) is 30.2. The Morgan fingerprint density at radius 3 is 2.40 bits per heavy atom. The molecular weight excluding hydrogens is 579 g/mol. The van der Waals surface area contributed by atoms with E-state index in [0.29, 0.717) is 23.3 Å². The number of carbonyl (C=O) groups excluding carboxylic acids is 1. The van der Waals surface area contributed by atoms with Crippen molar-refractivity contribution in [2.75, 3.05) is 10.6 Å². The number of aromatic nitrogens is 3. The van der Waals surface area contributed by atoms with E-state index in [1.54, 1.807) is 11.8 Å². The zero-order chi connectivity index (χ0) is 31.5. The molecule has 8 heteroatoms. The zero-order valence-corrected chi connectivity index (χ0v) is 27.0. The summed E-state index contributed by atoms with van der Waals surface area (Å²) < 4.78 is 8.02. The molecule has 0 saturated carbocycles. The maximum atomic E-state index is 13.9. The number of amides is 1. The summed E-state index contributed by atoms with van der Waals surface area (Å²) in [4.78, 5) is 18.7. The molecule has 2 N–H and O–H groups in total. The Balaban J connectivity index is 1.29. The van der Waals surface area contributed by atoms with Gasteiger partial charge in [0.1, 0.15) is 18.4 Å². The quantitative estimate of drug-likeness (QED) is 0.162. The third kappa shape index (κ3) is 6.81. The molecule has 1 unspecified atom stereocenters. The van der Waals surface area contributed by atoms with Gasteiger partial charge >= 0.3 is 0 Å². The average Bonchev–Trinajstić information content (AvgIpc) is 3.43. The first-order valence-electron chi connectivity index (χ1n) is 15.0. The molecule has 228 valence electrons. The van der Waals surface area contributed by atoms with Crippen LogP contribution in [0.2, 0.25) is 0 Å². The molecule has 1 aliphatic heterocycles. The van der Waals surface area contributed by atoms with Gasteiger partial charge in [-0.15, -0.1) is 5.10 Å². The van der Waals surface area contributed by atoms with Gasteiger partial charge in [0.2, 0.25) is 11.1 Å². The Bertz CT molecular complexity index is 1880. The van der Waals surface area contributed by atoms with Crippen LogP contribution in [0.4, 0.5) is 11.6 Å². The van der Waals surface area contributed by atoms with Gasteiger partial charge in [-0.1, -0.05) is 78.5 Å². The summed E-state index contributed by atoms with van der Waals surface area (Å²) >= 11 is 1.57. The standard InChI is InChI=1S/C37H37N5O2S/c1-23-10-9-13-31(18-23)39-35(43)33-27(5)38-36-40-37(45-22-28-11-7-6-8-12-28)41-42(36)34(33)29-14-16-32(17-15-29)44-21-30-20-25(3)24(2)19-26(30)4/h6-20,34H,21-22H2,1-5H3,(H,39,43)(H,38,40,41). The van der Waals surface area contributed by atoms with Crippen LogP contribution in [-0.2, 0) is 17.2 Å². The molecule has 2 heterocycles. The van der Waals surface area contributed by atoms with Crippen molar-refractivity contribution in [2.45, 2.75) is 58.2 Å². The van der Waals surface area contributed by atoms with E-state index in [4.69, 9.17) is 14.8 Å². The van der Waals surface area contributed by atoms with E-state index >= 15 is 0 Å². The van der Waals surface area contributed by atoms with Crippen LogP contribution in [0.5, 0.6) is 5.75 Å². The van der Waals surface area contributed by atoms with Crippen LogP contribution in [0.3, 0.4) is 0 Å². The number of ether oxygens (including phenoxy) is 1.